The van der Waals surface area contributed by atoms with E-state index < -0.39 is 0 Å². The summed E-state index contributed by atoms with van der Waals surface area (Å²) in [4.78, 5) is 0. The molecule has 0 amide bonds. The Hall–Kier alpha value is 0.166. The van der Waals surface area contributed by atoms with E-state index in [1.165, 1.54) is 0 Å². The molecule has 2 aromatic rings. The molecular weight excluding hydrogens is 235 g/mol. The van der Waals surface area contributed by atoms with Gasteiger partial charge in [0.1, 0.15) is 0 Å². The Balaban J connectivity index is 0.00000112. The fourth-order valence-electron chi connectivity index (χ4n) is 1.35. The molecular formula is C12H8ClKO. The summed E-state index contributed by atoms with van der Waals surface area (Å²) in [6, 6.07) is 14.7. The van der Waals surface area contributed by atoms with E-state index in [1.807, 2.05) is 30.3 Å². The van der Waals surface area contributed by atoms with Gasteiger partial charge in [0.25, 0.3) is 0 Å². The first kappa shape index (κ1) is 13.2. The van der Waals surface area contributed by atoms with Gasteiger partial charge in [-0.25, -0.2) is 0 Å². The van der Waals surface area contributed by atoms with Crippen LogP contribution in [0.25, 0.3) is 11.1 Å². The second kappa shape index (κ2) is 6.04. The molecule has 0 saturated heterocycles. The van der Waals surface area contributed by atoms with Gasteiger partial charge in [-0.1, -0.05) is 59.8 Å². The second-order valence-electron chi connectivity index (χ2n) is 2.98. The summed E-state index contributed by atoms with van der Waals surface area (Å²) in [5, 5.41) is 11.9. The van der Waals surface area contributed by atoms with Crippen molar-refractivity contribution in [1.82, 2.24) is 0 Å². The van der Waals surface area contributed by atoms with E-state index in [4.69, 9.17) is 11.6 Å². The fraction of sp³-hybridized carbons (Fsp3) is 0. The van der Waals surface area contributed by atoms with Crippen molar-refractivity contribution in [2.75, 3.05) is 0 Å². The molecule has 0 bridgehead atoms. The number of hydrogen-bond donors (Lipinski definition) is 0. The average molecular weight is 243 g/mol. The molecule has 0 radical (unpaired) electrons. The van der Waals surface area contributed by atoms with Crippen LogP contribution < -0.4 is 56.5 Å². The van der Waals surface area contributed by atoms with Gasteiger partial charge in [-0.2, -0.15) is 0 Å². The van der Waals surface area contributed by atoms with Crippen molar-refractivity contribution in [3.8, 4) is 16.9 Å². The first-order chi connectivity index (χ1) is 6.79. The van der Waals surface area contributed by atoms with Crippen LogP contribution in [0.1, 0.15) is 0 Å². The summed E-state index contributed by atoms with van der Waals surface area (Å²) in [5.41, 5.74) is 1.55. The predicted octanol–water partition coefficient (Wildman–Crippen LogP) is 0.0846. The largest absolute Gasteiger partial charge is 1.00 e. The molecule has 3 heteroatoms. The van der Waals surface area contributed by atoms with Gasteiger partial charge in [-0.05, 0) is 17.2 Å². The summed E-state index contributed by atoms with van der Waals surface area (Å²) in [7, 11) is 0. The van der Waals surface area contributed by atoms with Gasteiger partial charge in [0.15, 0.2) is 0 Å². The van der Waals surface area contributed by atoms with Crippen LogP contribution in [0.2, 0.25) is 5.02 Å². The van der Waals surface area contributed by atoms with Gasteiger partial charge in [-0.15, -0.1) is 0 Å². The molecule has 0 aromatic heterocycles. The summed E-state index contributed by atoms with van der Waals surface area (Å²) in [6.45, 7) is 0. The van der Waals surface area contributed by atoms with E-state index >= 15 is 0 Å². The smallest absolute Gasteiger partial charge is 0.871 e. The molecule has 2 aromatic carbocycles. The number of rotatable bonds is 1. The zero-order chi connectivity index (χ0) is 9.97. The minimum Gasteiger partial charge on any atom is -0.871 e. The van der Waals surface area contributed by atoms with E-state index in [2.05, 4.69) is 0 Å². The molecule has 0 spiro atoms. The molecule has 1 nitrogen and oxygen atoms in total. The SMILES string of the molecule is [K+].[O-]c1c(Cl)cccc1-c1ccccc1. The van der Waals surface area contributed by atoms with Crippen molar-refractivity contribution in [2.45, 2.75) is 0 Å². The molecule has 15 heavy (non-hydrogen) atoms. The standard InChI is InChI=1S/C12H9ClO.K/c13-11-8-4-7-10(12(11)14)9-5-2-1-3-6-9;/h1-8,14H;/q;+1/p-1. The van der Waals surface area contributed by atoms with E-state index in [0.29, 0.717) is 5.56 Å². The molecule has 0 aliphatic rings. The van der Waals surface area contributed by atoms with Gasteiger partial charge in [0.2, 0.25) is 0 Å². The van der Waals surface area contributed by atoms with Crippen LogP contribution in [0, 0.1) is 0 Å². The summed E-state index contributed by atoms with van der Waals surface area (Å²) < 4.78 is 0. The van der Waals surface area contributed by atoms with Crippen LogP contribution in [-0.4, -0.2) is 0 Å². The topological polar surface area (TPSA) is 23.1 Å². The van der Waals surface area contributed by atoms with E-state index in [1.54, 1.807) is 18.2 Å². The van der Waals surface area contributed by atoms with Crippen LogP contribution in [0.4, 0.5) is 0 Å². The van der Waals surface area contributed by atoms with Crippen LogP contribution in [0.5, 0.6) is 5.75 Å². The van der Waals surface area contributed by atoms with Crippen LogP contribution in [0.3, 0.4) is 0 Å². The minimum atomic E-state index is -0.111. The maximum atomic E-state index is 11.6. The zero-order valence-corrected chi connectivity index (χ0v) is 12.3. The van der Waals surface area contributed by atoms with Crippen molar-refractivity contribution < 1.29 is 56.5 Å². The molecule has 0 atom stereocenters. The van der Waals surface area contributed by atoms with E-state index in [0.717, 1.165) is 5.56 Å². The monoisotopic (exact) mass is 242 g/mol. The molecule has 0 fully saturated rings. The quantitative estimate of drug-likeness (QED) is 0.650. The Labute approximate surface area is 137 Å². The first-order valence-corrected chi connectivity index (χ1v) is 4.68. The average Bonchev–Trinajstić information content (AvgIpc) is 2.23. The molecule has 0 unspecified atom stereocenters. The van der Waals surface area contributed by atoms with Gasteiger partial charge >= 0.3 is 51.4 Å². The zero-order valence-electron chi connectivity index (χ0n) is 8.41. The third-order valence-electron chi connectivity index (χ3n) is 2.05. The third-order valence-corrected chi connectivity index (χ3v) is 2.35. The Bertz CT molecular complexity index is 443. The first-order valence-electron chi connectivity index (χ1n) is 4.30. The minimum absolute atomic E-state index is 0. The molecule has 0 heterocycles. The Kier molecular flexibility index (Phi) is 5.33. The summed E-state index contributed by atoms with van der Waals surface area (Å²) in [6.07, 6.45) is 0. The predicted molar refractivity (Wildman–Crippen MR) is 56.3 cm³/mol. The van der Waals surface area contributed by atoms with Gasteiger partial charge in [0, 0.05) is 5.02 Å². The molecule has 0 saturated carbocycles. The number of hydrogen-bond acceptors (Lipinski definition) is 1. The van der Waals surface area contributed by atoms with Gasteiger partial charge < -0.3 is 5.11 Å². The number of para-hydroxylation sites is 1. The molecule has 70 valence electrons. The Morgan fingerprint density at radius 1 is 0.867 bits per heavy atom. The number of halogens is 1. The van der Waals surface area contributed by atoms with Crippen LogP contribution >= 0.6 is 11.6 Å². The Morgan fingerprint density at radius 2 is 1.53 bits per heavy atom. The summed E-state index contributed by atoms with van der Waals surface area (Å²) >= 11 is 5.75. The Morgan fingerprint density at radius 3 is 2.20 bits per heavy atom. The second-order valence-corrected chi connectivity index (χ2v) is 3.39. The maximum absolute atomic E-state index is 11.6. The van der Waals surface area contributed by atoms with Crippen molar-refractivity contribution in [3.63, 3.8) is 0 Å². The van der Waals surface area contributed by atoms with Crippen molar-refractivity contribution in [3.05, 3.63) is 53.6 Å². The third kappa shape index (κ3) is 3.06. The van der Waals surface area contributed by atoms with Crippen molar-refractivity contribution >= 4 is 11.6 Å². The van der Waals surface area contributed by atoms with Crippen molar-refractivity contribution in [2.24, 2.45) is 0 Å². The van der Waals surface area contributed by atoms with Gasteiger partial charge in [-0.3, -0.25) is 0 Å². The summed E-state index contributed by atoms with van der Waals surface area (Å²) in [5.74, 6) is -0.111. The fourth-order valence-corrected chi connectivity index (χ4v) is 1.53. The normalized spacial score (nSPS) is 9.40. The van der Waals surface area contributed by atoms with Gasteiger partial charge in [0.05, 0.1) is 0 Å². The molecule has 0 aliphatic heterocycles. The van der Waals surface area contributed by atoms with Crippen LogP contribution in [0.15, 0.2) is 48.5 Å². The molecule has 2 rings (SSSR count). The van der Waals surface area contributed by atoms with Crippen molar-refractivity contribution in [1.29, 1.82) is 0 Å². The van der Waals surface area contributed by atoms with E-state index in [9.17, 15) is 5.11 Å². The van der Waals surface area contributed by atoms with E-state index in [-0.39, 0.29) is 62.2 Å². The maximum Gasteiger partial charge on any atom is 1.00 e. The number of benzene rings is 2. The molecule has 0 aliphatic carbocycles. The van der Waals surface area contributed by atoms with Crippen LogP contribution in [-0.2, 0) is 0 Å². The molecule has 0 N–H and O–H groups in total.